The minimum absolute atomic E-state index is 0.0557. The Hall–Kier alpha value is -3.25. The van der Waals surface area contributed by atoms with E-state index in [1.165, 1.54) is 0 Å². The van der Waals surface area contributed by atoms with Crippen molar-refractivity contribution in [3.63, 3.8) is 0 Å². The summed E-state index contributed by atoms with van der Waals surface area (Å²) in [5.41, 5.74) is -1.35. The molecule has 0 aliphatic carbocycles. The van der Waals surface area contributed by atoms with Crippen molar-refractivity contribution in [2.75, 3.05) is 6.54 Å². The topological polar surface area (TPSA) is 114 Å². The van der Waals surface area contributed by atoms with E-state index in [-0.39, 0.29) is 24.7 Å². The van der Waals surface area contributed by atoms with Crippen LogP contribution in [0.5, 0.6) is 0 Å². The molecular weight excluding hydrogens is 469 g/mol. The standard InChI is InChI=1S/C21H24F5N3O5/c1-9(2)5-13(20(32)28-11(7-30)6-10-3-4-27-19(10)31)29-21(33)34-8-12-14(22)16(24)18(26)17(25)15(12)23/h7,9-11,13H,3-6,8H2,1-2H3,(H,27,31)(H,28,32)(H,29,33)/t10-,11-,13-/m0/s1. The highest BCUT2D eigenvalue weighted by Gasteiger charge is 2.31. The van der Waals surface area contributed by atoms with Crippen molar-refractivity contribution in [1.29, 1.82) is 0 Å². The van der Waals surface area contributed by atoms with Crippen LogP contribution in [0.2, 0.25) is 0 Å². The molecule has 8 nitrogen and oxygen atoms in total. The van der Waals surface area contributed by atoms with Crippen molar-refractivity contribution < 1.29 is 45.9 Å². The largest absolute Gasteiger partial charge is 0.444 e. The second-order valence-electron chi connectivity index (χ2n) is 8.21. The normalized spacial score (nSPS) is 17.2. The van der Waals surface area contributed by atoms with E-state index in [1.54, 1.807) is 13.8 Å². The molecule has 1 saturated heterocycles. The van der Waals surface area contributed by atoms with Crippen LogP contribution in [-0.2, 0) is 25.7 Å². The lowest BCUT2D eigenvalue weighted by atomic mass is 9.98. The molecule has 1 aliphatic heterocycles. The Morgan fingerprint density at radius 3 is 2.15 bits per heavy atom. The monoisotopic (exact) mass is 493 g/mol. The molecule has 2 rings (SSSR count). The van der Waals surface area contributed by atoms with Crippen molar-refractivity contribution >= 4 is 24.2 Å². The molecule has 1 heterocycles. The minimum atomic E-state index is -2.35. The second kappa shape index (κ2) is 11.7. The van der Waals surface area contributed by atoms with Crippen molar-refractivity contribution in [3.8, 4) is 0 Å². The third kappa shape index (κ3) is 6.64. The van der Waals surface area contributed by atoms with Crippen LogP contribution < -0.4 is 16.0 Å². The first-order chi connectivity index (χ1) is 16.0. The fraction of sp³-hybridized carbons (Fsp3) is 0.524. The number of ether oxygens (including phenoxy) is 1. The molecule has 1 aromatic rings. The Kier molecular flexibility index (Phi) is 9.33. The second-order valence-corrected chi connectivity index (χ2v) is 8.21. The van der Waals surface area contributed by atoms with Gasteiger partial charge in [-0.1, -0.05) is 13.8 Å². The van der Waals surface area contributed by atoms with E-state index in [1.807, 2.05) is 0 Å². The van der Waals surface area contributed by atoms with E-state index in [4.69, 9.17) is 0 Å². The molecule has 0 saturated carbocycles. The summed E-state index contributed by atoms with van der Waals surface area (Å²) in [5.74, 6) is -12.6. The van der Waals surface area contributed by atoms with E-state index in [9.17, 15) is 41.1 Å². The summed E-state index contributed by atoms with van der Waals surface area (Å²) in [6, 6.07) is -2.26. The zero-order valence-corrected chi connectivity index (χ0v) is 18.4. The van der Waals surface area contributed by atoms with Gasteiger partial charge in [-0.05, 0) is 25.2 Å². The highest BCUT2D eigenvalue weighted by Crippen LogP contribution is 2.23. The van der Waals surface area contributed by atoms with Crippen molar-refractivity contribution in [3.05, 3.63) is 34.6 Å². The Bertz CT molecular complexity index is 930. The quantitative estimate of drug-likeness (QED) is 0.200. The summed E-state index contributed by atoms with van der Waals surface area (Å²) in [4.78, 5) is 47.8. The lowest BCUT2D eigenvalue weighted by molar-refractivity contribution is -0.127. The number of rotatable bonds is 10. The number of carbonyl (C=O) groups is 4. The molecule has 3 atom stereocenters. The molecule has 1 fully saturated rings. The van der Waals surface area contributed by atoms with Crippen LogP contribution in [-0.4, -0.2) is 42.8 Å². The predicted molar refractivity (Wildman–Crippen MR) is 107 cm³/mol. The Morgan fingerprint density at radius 1 is 1.06 bits per heavy atom. The van der Waals surface area contributed by atoms with E-state index in [0.717, 1.165) is 0 Å². The predicted octanol–water partition coefficient (Wildman–Crippen LogP) is 2.23. The highest BCUT2D eigenvalue weighted by molar-refractivity contribution is 5.88. The SMILES string of the molecule is CC(C)C[C@H](NC(=O)OCc1c(F)c(F)c(F)c(F)c1F)C(=O)N[C@H](C=O)C[C@@H]1CCNC1=O. The molecule has 34 heavy (non-hydrogen) atoms. The summed E-state index contributed by atoms with van der Waals surface area (Å²) >= 11 is 0. The van der Waals surface area contributed by atoms with Gasteiger partial charge in [0.2, 0.25) is 17.6 Å². The van der Waals surface area contributed by atoms with Crippen molar-refractivity contribution in [2.45, 2.75) is 51.8 Å². The molecule has 13 heteroatoms. The van der Waals surface area contributed by atoms with Crippen LogP contribution in [0.3, 0.4) is 0 Å². The Morgan fingerprint density at radius 2 is 1.65 bits per heavy atom. The van der Waals surface area contributed by atoms with Crippen LogP contribution in [0.1, 0.15) is 38.7 Å². The summed E-state index contributed by atoms with van der Waals surface area (Å²) in [6.45, 7) is 2.61. The first-order valence-corrected chi connectivity index (χ1v) is 10.4. The zero-order chi connectivity index (χ0) is 25.6. The highest BCUT2D eigenvalue weighted by atomic mass is 19.2. The summed E-state index contributed by atoms with van der Waals surface area (Å²) < 4.78 is 71.7. The van der Waals surface area contributed by atoms with Crippen LogP contribution in [0.15, 0.2) is 0 Å². The first-order valence-electron chi connectivity index (χ1n) is 10.4. The van der Waals surface area contributed by atoms with Gasteiger partial charge in [0.15, 0.2) is 23.3 Å². The molecule has 1 aliphatic rings. The Labute approximate surface area is 191 Å². The van der Waals surface area contributed by atoms with Gasteiger partial charge < -0.3 is 25.5 Å². The van der Waals surface area contributed by atoms with E-state index in [2.05, 4.69) is 20.7 Å². The summed E-state index contributed by atoms with van der Waals surface area (Å²) in [5, 5.41) is 7.19. The van der Waals surface area contributed by atoms with Gasteiger partial charge in [-0.15, -0.1) is 0 Å². The summed E-state index contributed by atoms with van der Waals surface area (Å²) in [7, 11) is 0. The molecule has 0 radical (unpaired) electrons. The lowest BCUT2D eigenvalue weighted by Gasteiger charge is -2.23. The minimum Gasteiger partial charge on any atom is -0.444 e. The lowest BCUT2D eigenvalue weighted by Crippen LogP contribution is -2.51. The first kappa shape index (κ1) is 27.0. The average molecular weight is 493 g/mol. The van der Waals surface area contributed by atoms with Crippen LogP contribution in [0.4, 0.5) is 26.7 Å². The van der Waals surface area contributed by atoms with E-state index >= 15 is 0 Å². The number of amides is 3. The number of alkyl carbamates (subject to hydrolysis) is 1. The van der Waals surface area contributed by atoms with Crippen molar-refractivity contribution in [1.82, 2.24) is 16.0 Å². The van der Waals surface area contributed by atoms with E-state index in [0.29, 0.717) is 19.3 Å². The molecule has 0 spiro atoms. The molecule has 1 aromatic carbocycles. The molecule has 0 unspecified atom stereocenters. The van der Waals surface area contributed by atoms with Gasteiger partial charge in [0.05, 0.1) is 11.6 Å². The van der Waals surface area contributed by atoms with E-state index < -0.39 is 71.3 Å². The number of hydrogen-bond acceptors (Lipinski definition) is 5. The third-order valence-corrected chi connectivity index (χ3v) is 5.16. The molecule has 3 N–H and O–H groups in total. The zero-order valence-electron chi connectivity index (χ0n) is 18.4. The number of hydrogen-bond donors (Lipinski definition) is 3. The van der Waals surface area contributed by atoms with Gasteiger partial charge in [0.1, 0.15) is 18.9 Å². The molecule has 0 aromatic heterocycles. The molecule has 3 amide bonds. The number of carbonyl (C=O) groups excluding carboxylic acids is 4. The van der Waals surface area contributed by atoms with Crippen LogP contribution >= 0.6 is 0 Å². The van der Waals surface area contributed by atoms with Crippen LogP contribution in [0.25, 0.3) is 0 Å². The number of aldehydes is 1. The molecular formula is C21H24F5N3O5. The Balaban J connectivity index is 2.03. The maximum Gasteiger partial charge on any atom is 0.408 e. The van der Waals surface area contributed by atoms with Gasteiger partial charge in [-0.2, -0.15) is 0 Å². The fourth-order valence-electron chi connectivity index (χ4n) is 3.41. The number of nitrogens with one attached hydrogen (secondary N) is 3. The maximum absolute atomic E-state index is 13.7. The van der Waals surface area contributed by atoms with Gasteiger partial charge in [-0.3, -0.25) is 9.59 Å². The number of benzene rings is 1. The fourth-order valence-corrected chi connectivity index (χ4v) is 3.41. The smallest absolute Gasteiger partial charge is 0.408 e. The van der Waals surface area contributed by atoms with Crippen molar-refractivity contribution in [2.24, 2.45) is 11.8 Å². The number of halogens is 5. The molecule has 188 valence electrons. The van der Waals surface area contributed by atoms with Crippen LogP contribution in [0, 0.1) is 40.9 Å². The van der Waals surface area contributed by atoms with Gasteiger partial charge in [0.25, 0.3) is 0 Å². The van der Waals surface area contributed by atoms with Gasteiger partial charge in [0, 0.05) is 12.5 Å². The molecule has 0 bridgehead atoms. The maximum atomic E-state index is 13.7. The van der Waals surface area contributed by atoms with Gasteiger partial charge >= 0.3 is 6.09 Å². The third-order valence-electron chi connectivity index (χ3n) is 5.16. The van der Waals surface area contributed by atoms with Gasteiger partial charge in [-0.25, -0.2) is 26.7 Å². The summed E-state index contributed by atoms with van der Waals surface area (Å²) in [6.07, 6.45) is -0.282. The average Bonchev–Trinajstić information content (AvgIpc) is 3.19.